The average molecular weight is 453 g/mol. The van der Waals surface area contributed by atoms with Gasteiger partial charge in [0.05, 0.1) is 0 Å². The Morgan fingerprint density at radius 3 is 2.65 bits per heavy atom. The summed E-state index contributed by atoms with van der Waals surface area (Å²) in [6.45, 7) is 0.397. The van der Waals surface area contributed by atoms with Crippen molar-refractivity contribution in [2.45, 2.75) is 25.4 Å². The van der Waals surface area contributed by atoms with Gasteiger partial charge in [0.1, 0.15) is 17.3 Å². The first-order valence-corrected chi connectivity index (χ1v) is 10.5. The number of ether oxygens (including phenoxy) is 1. The third kappa shape index (κ3) is 4.26. The average Bonchev–Trinajstić information content (AvgIpc) is 3.22. The van der Waals surface area contributed by atoms with E-state index in [0.717, 1.165) is 31.7 Å². The number of rotatable bonds is 5. The van der Waals surface area contributed by atoms with Crippen LogP contribution in [0.3, 0.4) is 0 Å². The minimum atomic E-state index is -4.41. The predicted octanol–water partition coefficient (Wildman–Crippen LogP) is 3.82. The zero-order chi connectivity index (χ0) is 21.6. The molecule has 164 valence electrons. The number of anilines is 1. The highest BCUT2D eigenvalue weighted by Crippen LogP contribution is 2.44. The third-order valence-corrected chi connectivity index (χ3v) is 6.36. The molecule has 0 amide bonds. The van der Waals surface area contributed by atoms with Gasteiger partial charge in [0, 0.05) is 31.8 Å². The highest BCUT2D eigenvalue weighted by atomic mass is 35.5. The lowest BCUT2D eigenvalue weighted by atomic mass is 9.82. The second-order valence-electron chi connectivity index (χ2n) is 8.14. The van der Waals surface area contributed by atoms with E-state index in [-0.39, 0.29) is 5.75 Å². The van der Waals surface area contributed by atoms with Gasteiger partial charge in [0.25, 0.3) is 0 Å². The van der Waals surface area contributed by atoms with Crippen molar-refractivity contribution in [2.24, 2.45) is 17.8 Å². The molecule has 2 fully saturated rings. The Morgan fingerprint density at radius 2 is 1.94 bits per heavy atom. The van der Waals surface area contributed by atoms with E-state index < -0.39 is 12.8 Å². The van der Waals surface area contributed by atoms with Gasteiger partial charge in [-0.2, -0.15) is 18.3 Å². The minimum Gasteiger partial charge on any atom is -0.480 e. The van der Waals surface area contributed by atoms with Crippen LogP contribution in [0.5, 0.6) is 5.75 Å². The van der Waals surface area contributed by atoms with Crippen molar-refractivity contribution in [1.82, 2.24) is 24.6 Å². The van der Waals surface area contributed by atoms with E-state index in [9.17, 15) is 13.2 Å². The first-order chi connectivity index (χ1) is 14.9. The van der Waals surface area contributed by atoms with Crippen LogP contribution in [-0.4, -0.2) is 50.4 Å². The van der Waals surface area contributed by atoms with Gasteiger partial charge in [-0.05, 0) is 42.7 Å². The van der Waals surface area contributed by atoms with Gasteiger partial charge in [-0.1, -0.05) is 11.6 Å². The Kier molecular flexibility index (Phi) is 5.11. The van der Waals surface area contributed by atoms with Gasteiger partial charge >= 0.3 is 6.18 Å². The number of aromatic nitrogens is 5. The number of alkyl halides is 3. The van der Waals surface area contributed by atoms with E-state index in [4.69, 9.17) is 16.3 Å². The molecule has 1 aliphatic carbocycles. The molecule has 0 spiro atoms. The molecule has 3 aromatic rings. The fourth-order valence-corrected chi connectivity index (χ4v) is 4.99. The van der Waals surface area contributed by atoms with Crippen LogP contribution in [0, 0.1) is 17.8 Å². The Hall–Kier alpha value is -2.62. The van der Waals surface area contributed by atoms with E-state index in [1.54, 1.807) is 18.3 Å². The molecule has 0 aromatic carbocycles. The van der Waals surface area contributed by atoms with Crippen molar-refractivity contribution >= 4 is 23.1 Å². The summed E-state index contributed by atoms with van der Waals surface area (Å²) in [4.78, 5) is 15.1. The van der Waals surface area contributed by atoms with Crippen molar-refractivity contribution in [3.8, 4) is 5.75 Å². The summed E-state index contributed by atoms with van der Waals surface area (Å²) in [5, 5.41) is 4.92. The predicted molar refractivity (Wildman–Crippen MR) is 107 cm³/mol. The molecule has 5 rings (SSSR count). The van der Waals surface area contributed by atoms with Gasteiger partial charge in [0.2, 0.25) is 0 Å². The zero-order valence-electron chi connectivity index (χ0n) is 16.5. The van der Waals surface area contributed by atoms with Crippen LogP contribution >= 0.6 is 11.6 Å². The molecule has 2 aliphatic rings. The number of pyridine rings is 1. The molecule has 1 saturated carbocycles. The lowest BCUT2D eigenvalue weighted by molar-refractivity contribution is -0.153. The number of fused-ring (bicyclic) bond motifs is 3. The van der Waals surface area contributed by atoms with Crippen molar-refractivity contribution in [3.63, 3.8) is 0 Å². The zero-order valence-corrected chi connectivity index (χ0v) is 17.2. The van der Waals surface area contributed by atoms with Crippen LogP contribution < -0.4 is 9.64 Å². The number of hydrogen-bond donors (Lipinski definition) is 0. The standard InChI is InChI=1S/C20H20ClF3N6O/c21-16-7-18(26-11-25-16)29-8-12-3-4-13(9-29)14(12)6-17-27-19-15(31-10-20(22,23)24)2-1-5-30(19)28-17/h1-2,5,7,11-14H,3-4,6,8-10H2/t12-,13+,14?. The van der Waals surface area contributed by atoms with Gasteiger partial charge in [0.15, 0.2) is 23.8 Å². The van der Waals surface area contributed by atoms with Crippen LogP contribution in [0.4, 0.5) is 19.0 Å². The molecule has 1 saturated heterocycles. The number of halogens is 4. The lowest BCUT2D eigenvalue weighted by Gasteiger charge is -2.38. The second kappa shape index (κ2) is 7.81. The summed E-state index contributed by atoms with van der Waals surface area (Å²) in [7, 11) is 0. The van der Waals surface area contributed by atoms with Crippen LogP contribution in [0.15, 0.2) is 30.7 Å². The minimum absolute atomic E-state index is 0.0806. The van der Waals surface area contributed by atoms with E-state index >= 15 is 0 Å². The van der Waals surface area contributed by atoms with Crippen LogP contribution in [0.2, 0.25) is 5.15 Å². The lowest BCUT2D eigenvalue weighted by Crippen LogP contribution is -2.43. The fraction of sp³-hybridized carbons (Fsp3) is 0.500. The summed E-state index contributed by atoms with van der Waals surface area (Å²) in [5.41, 5.74) is 0.308. The van der Waals surface area contributed by atoms with Crippen molar-refractivity contribution in [3.05, 3.63) is 41.7 Å². The second-order valence-corrected chi connectivity index (χ2v) is 8.53. The summed E-state index contributed by atoms with van der Waals surface area (Å²) in [6.07, 6.45) is 1.67. The Labute approximate surface area is 181 Å². The summed E-state index contributed by atoms with van der Waals surface area (Å²) in [5.74, 6) is 2.92. The molecule has 1 unspecified atom stereocenters. The number of hydrogen-bond acceptors (Lipinski definition) is 6. The highest BCUT2D eigenvalue weighted by molar-refractivity contribution is 6.29. The van der Waals surface area contributed by atoms with Gasteiger partial charge in [-0.25, -0.2) is 19.5 Å². The molecular formula is C20H20ClF3N6O. The van der Waals surface area contributed by atoms with E-state index in [1.165, 1.54) is 16.9 Å². The molecule has 4 heterocycles. The van der Waals surface area contributed by atoms with Crippen molar-refractivity contribution in [2.75, 3.05) is 24.6 Å². The van der Waals surface area contributed by atoms with E-state index in [0.29, 0.717) is 40.8 Å². The maximum absolute atomic E-state index is 12.5. The molecule has 31 heavy (non-hydrogen) atoms. The Balaban J connectivity index is 1.31. The first kappa shape index (κ1) is 20.3. The van der Waals surface area contributed by atoms with Gasteiger partial charge in [-0.3, -0.25) is 0 Å². The molecule has 11 heteroatoms. The Morgan fingerprint density at radius 1 is 1.16 bits per heavy atom. The molecule has 3 aromatic heterocycles. The maximum atomic E-state index is 12.5. The monoisotopic (exact) mass is 452 g/mol. The van der Waals surface area contributed by atoms with E-state index in [2.05, 4.69) is 25.0 Å². The third-order valence-electron chi connectivity index (χ3n) is 6.15. The molecule has 3 atom stereocenters. The van der Waals surface area contributed by atoms with Gasteiger partial charge in [-0.15, -0.1) is 0 Å². The Bertz CT molecular complexity index is 1080. The normalized spacial score (nSPS) is 23.5. The molecule has 0 radical (unpaired) electrons. The van der Waals surface area contributed by atoms with Crippen LogP contribution in [0.25, 0.3) is 5.65 Å². The highest BCUT2D eigenvalue weighted by Gasteiger charge is 2.42. The van der Waals surface area contributed by atoms with Crippen LogP contribution in [-0.2, 0) is 6.42 Å². The quantitative estimate of drug-likeness (QED) is 0.548. The summed E-state index contributed by atoms with van der Waals surface area (Å²) < 4.78 is 44.0. The van der Waals surface area contributed by atoms with Crippen LogP contribution in [0.1, 0.15) is 18.7 Å². The first-order valence-electron chi connectivity index (χ1n) is 10.1. The van der Waals surface area contributed by atoms with Gasteiger partial charge < -0.3 is 9.64 Å². The largest absolute Gasteiger partial charge is 0.480 e. The topological polar surface area (TPSA) is 68.4 Å². The SMILES string of the molecule is FC(F)(F)COc1cccn2nc(CC3[C@@H]4CC[C@H]3CN(c3cc(Cl)ncn3)C4)nc12. The summed E-state index contributed by atoms with van der Waals surface area (Å²) >= 11 is 6.02. The van der Waals surface area contributed by atoms with E-state index in [1.807, 2.05) is 0 Å². The molecule has 7 nitrogen and oxygen atoms in total. The number of piperidine rings is 1. The van der Waals surface area contributed by atoms with Crippen molar-refractivity contribution < 1.29 is 17.9 Å². The van der Waals surface area contributed by atoms with Crippen molar-refractivity contribution in [1.29, 1.82) is 0 Å². The molecular weight excluding hydrogens is 433 g/mol. The summed E-state index contributed by atoms with van der Waals surface area (Å²) in [6, 6.07) is 4.87. The maximum Gasteiger partial charge on any atom is 0.422 e. The molecule has 0 N–H and O–H groups in total. The number of nitrogens with zero attached hydrogens (tertiary/aromatic N) is 6. The fourth-order valence-electron chi connectivity index (χ4n) is 4.85. The molecule has 1 aliphatic heterocycles. The smallest absolute Gasteiger partial charge is 0.422 e. The molecule has 2 bridgehead atoms.